The average Bonchev–Trinajstić information content (AvgIpc) is 2.44. The number of hydrogen-bond donors (Lipinski definition) is 1. The van der Waals surface area contributed by atoms with Gasteiger partial charge < -0.3 is 5.32 Å². The topological polar surface area (TPSA) is 42.0 Å². The molecule has 112 valence electrons. The summed E-state index contributed by atoms with van der Waals surface area (Å²) in [5, 5.41) is 3.58. The fraction of sp³-hybridized carbons (Fsp3) is 0.647. The Hall–Kier alpha value is -1.09. The predicted molar refractivity (Wildman–Crippen MR) is 82.2 cm³/mol. The Morgan fingerprint density at radius 1 is 1.24 bits per heavy atom. The molecule has 4 aliphatic carbocycles. The van der Waals surface area contributed by atoms with E-state index in [0.717, 1.165) is 24.3 Å². The highest BCUT2D eigenvalue weighted by Gasteiger charge is 2.50. The Morgan fingerprint density at radius 3 is 2.43 bits per heavy atom. The molecule has 3 nitrogen and oxygen atoms in total. The quantitative estimate of drug-likeness (QED) is 0.925. The number of carbonyl (C=O) groups excluding carboxylic acids is 1. The highest BCUT2D eigenvalue weighted by molar-refractivity contribution is 6.33. The van der Waals surface area contributed by atoms with Crippen molar-refractivity contribution in [3.05, 3.63) is 29.0 Å². The highest BCUT2D eigenvalue weighted by atomic mass is 35.5. The largest absolute Gasteiger partial charge is 0.351 e. The maximum Gasteiger partial charge on any atom is 0.252 e. The van der Waals surface area contributed by atoms with Crippen molar-refractivity contribution in [3.8, 4) is 0 Å². The van der Waals surface area contributed by atoms with Gasteiger partial charge in [-0.15, -0.1) is 0 Å². The molecule has 0 radical (unpaired) electrons. The summed E-state index contributed by atoms with van der Waals surface area (Å²) in [4.78, 5) is 16.3. The van der Waals surface area contributed by atoms with Crippen LogP contribution in [0.1, 0.15) is 48.9 Å². The number of carbonyl (C=O) groups is 1. The predicted octanol–water partition coefficient (Wildman–Crippen LogP) is 3.68. The molecule has 1 amide bonds. The van der Waals surface area contributed by atoms with E-state index in [1.807, 2.05) is 0 Å². The third-order valence-electron chi connectivity index (χ3n) is 5.81. The van der Waals surface area contributed by atoms with Gasteiger partial charge in [-0.3, -0.25) is 9.78 Å². The number of nitrogens with one attached hydrogen (secondary N) is 1. The van der Waals surface area contributed by atoms with Crippen molar-refractivity contribution in [2.24, 2.45) is 23.2 Å². The van der Waals surface area contributed by atoms with Crippen molar-refractivity contribution < 1.29 is 4.79 Å². The van der Waals surface area contributed by atoms with Crippen LogP contribution >= 0.6 is 11.6 Å². The van der Waals surface area contributed by atoms with Gasteiger partial charge in [0.2, 0.25) is 0 Å². The van der Waals surface area contributed by atoms with Crippen molar-refractivity contribution in [3.63, 3.8) is 0 Å². The summed E-state index contributed by atoms with van der Waals surface area (Å²) in [5.41, 5.74) is 0.903. The van der Waals surface area contributed by atoms with E-state index >= 15 is 0 Å². The molecule has 0 atom stereocenters. The van der Waals surface area contributed by atoms with Gasteiger partial charge in [0.05, 0.1) is 10.6 Å². The first-order chi connectivity index (χ1) is 10.1. The summed E-state index contributed by atoms with van der Waals surface area (Å²) in [6.07, 6.45) is 11.4. The molecule has 0 aliphatic heterocycles. The van der Waals surface area contributed by atoms with Crippen LogP contribution in [-0.4, -0.2) is 17.4 Å². The molecule has 21 heavy (non-hydrogen) atoms. The third-order valence-corrected chi connectivity index (χ3v) is 6.11. The van der Waals surface area contributed by atoms with E-state index in [9.17, 15) is 4.79 Å². The maximum absolute atomic E-state index is 12.3. The van der Waals surface area contributed by atoms with E-state index < -0.39 is 0 Å². The van der Waals surface area contributed by atoms with Gasteiger partial charge in [0.15, 0.2) is 0 Å². The Balaban J connectivity index is 1.45. The number of rotatable bonds is 3. The molecule has 1 aromatic rings. The minimum atomic E-state index is -0.0573. The molecule has 1 aromatic heterocycles. The zero-order valence-electron chi connectivity index (χ0n) is 12.1. The molecule has 0 aromatic carbocycles. The average molecular weight is 305 g/mol. The maximum atomic E-state index is 12.3. The number of halogens is 1. The molecule has 0 spiro atoms. The van der Waals surface area contributed by atoms with Crippen molar-refractivity contribution in [1.29, 1.82) is 0 Å². The third kappa shape index (κ3) is 2.46. The van der Waals surface area contributed by atoms with Crippen LogP contribution in [0.2, 0.25) is 5.02 Å². The van der Waals surface area contributed by atoms with E-state index in [1.165, 1.54) is 44.7 Å². The standard InChI is InChI=1S/C17H21ClN2O/c18-15-9-19-2-1-14(15)16(21)20-10-17-6-11-3-12(7-17)5-13(4-11)8-17/h1-2,9,11-13H,3-8,10H2,(H,20,21). The van der Waals surface area contributed by atoms with Crippen molar-refractivity contribution in [1.82, 2.24) is 10.3 Å². The molecule has 4 saturated carbocycles. The SMILES string of the molecule is O=C(NCC12CC3CC(CC(C3)C1)C2)c1ccncc1Cl. The molecular formula is C17H21ClN2O. The lowest BCUT2D eigenvalue weighted by Crippen LogP contribution is -2.51. The highest BCUT2D eigenvalue weighted by Crippen LogP contribution is 2.59. The van der Waals surface area contributed by atoms with Crippen LogP contribution < -0.4 is 5.32 Å². The number of aromatic nitrogens is 1. The first-order valence-corrected chi connectivity index (χ1v) is 8.39. The fourth-order valence-corrected chi connectivity index (χ4v) is 5.63. The van der Waals surface area contributed by atoms with Gasteiger partial charge in [-0.25, -0.2) is 0 Å². The van der Waals surface area contributed by atoms with E-state index in [1.54, 1.807) is 12.3 Å². The molecular weight excluding hydrogens is 284 g/mol. The van der Waals surface area contributed by atoms with Crippen LogP contribution in [-0.2, 0) is 0 Å². The van der Waals surface area contributed by atoms with E-state index in [2.05, 4.69) is 10.3 Å². The van der Waals surface area contributed by atoms with Crippen LogP contribution in [0.5, 0.6) is 0 Å². The van der Waals surface area contributed by atoms with Gasteiger partial charge in [-0.2, -0.15) is 0 Å². The summed E-state index contributed by atoms with van der Waals surface area (Å²) in [6, 6.07) is 1.69. The fourth-order valence-electron chi connectivity index (χ4n) is 5.43. The van der Waals surface area contributed by atoms with E-state index in [-0.39, 0.29) is 5.91 Å². The zero-order valence-corrected chi connectivity index (χ0v) is 12.9. The first kappa shape index (κ1) is 13.6. The van der Waals surface area contributed by atoms with Crippen molar-refractivity contribution in [2.45, 2.75) is 38.5 Å². The molecule has 4 bridgehead atoms. The smallest absolute Gasteiger partial charge is 0.252 e. The molecule has 1 heterocycles. The van der Waals surface area contributed by atoms with Crippen LogP contribution in [0.3, 0.4) is 0 Å². The summed E-state index contributed by atoms with van der Waals surface area (Å²) in [6.45, 7) is 0.813. The van der Waals surface area contributed by atoms with Crippen LogP contribution in [0.25, 0.3) is 0 Å². The molecule has 4 aliphatic rings. The molecule has 4 fully saturated rings. The van der Waals surface area contributed by atoms with Gasteiger partial charge in [0.25, 0.3) is 5.91 Å². The second-order valence-corrected chi connectivity index (χ2v) is 7.86. The number of hydrogen-bond acceptors (Lipinski definition) is 2. The minimum Gasteiger partial charge on any atom is -0.351 e. The number of pyridine rings is 1. The van der Waals surface area contributed by atoms with Crippen LogP contribution in [0, 0.1) is 23.2 Å². The Labute approximate surface area is 130 Å². The summed E-state index contributed by atoms with van der Waals surface area (Å²) >= 11 is 6.05. The lowest BCUT2D eigenvalue weighted by atomic mass is 9.49. The summed E-state index contributed by atoms with van der Waals surface area (Å²) < 4.78 is 0. The number of nitrogens with zero attached hydrogens (tertiary/aromatic N) is 1. The summed E-state index contributed by atoms with van der Waals surface area (Å²) in [7, 11) is 0. The van der Waals surface area contributed by atoms with Crippen molar-refractivity contribution in [2.75, 3.05) is 6.54 Å². The van der Waals surface area contributed by atoms with Crippen LogP contribution in [0.15, 0.2) is 18.5 Å². The van der Waals surface area contributed by atoms with Gasteiger partial charge in [0.1, 0.15) is 0 Å². The van der Waals surface area contributed by atoms with Gasteiger partial charge in [0, 0.05) is 18.9 Å². The van der Waals surface area contributed by atoms with Crippen molar-refractivity contribution >= 4 is 17.5 Å². The molecule has 1 N–H and O–H groups in total. The van der Waals surface area contributed by atoms with Gasteiger partial charge in [-0.1, -0.05) is 11.6 Å². The van der Waals surface area contributed by atoms with Gasteiger partial charge >= 0.3 is 0 Å². The normalized spacial score (nSPS) is 36.7. The lowest BCUT2D eigenvalue weighted by molar-refractivity contribution is -0.0503. The molecule has 0 saturated heterocycles. The summed E-state index contributed by atoms with van der Waals surface area (Å²) in [5.74, 6) is 2.69. The molecule has 4 heteroatoms. The Kier molecular flexibility index (Phi) is 3.21. The molecule has 5 rings (SSSR count). The Bertz CT molecular complexity index is 536. The monoisotopic (exact) mass is 304 g/mol. The minimum absolute atomic E-state index is 0.0573. The number of amides is 1. The zero-order chi connectivity index (χ0) is 14.4. The lowest BCUT2D eigenvalue weighted by Gasteiger charge is -2.56. The van der Waals surface area contributed by atoms with Crippen LogP contribution in [0.4, 0.5) is 0 Å². The van der Waals surface area contributed by atoms with Gasteiger partial charge in [-0.05, 0) is 67.8 Å². The first-order valence-electron chi connectivity index (χ1n) is 8.01. The van der Waals surface area contributed by atoms with E-state index in [0.29, 0.717) is 16.0 Å². The Morgan fingerprint density at radius 2 is 1.86 bits per heavy atom. The molecule has 0 unspecified atom stereocenters. The second-order valence-electron chi connectivity index (χ2n) is 7.46. The van der Waals surface area contributed by atoms with E-state index in [4.69, 9.17) is 11.6 Å². The second kappa shape index (κ2) is 4.98.